The molecule has 0 amide bonds. The molecule has 0 bridgehead atoms. The van der Waals surface area contributed by atoms with Gasteiger partial charge in [0.05, 0.1) is 12.8 Å². The lowest BCUT2D eigenvalue weighted by Crippen LogP contribution is -2.28. The predicted octanol–water partition coefficient (Wildman–Crippen LogP) is 2.66. The van der Waals surface area contributed by atoms with Crippen LogP contribution in [0, 0.1) is 5.92 Å². The Morgan fingerprint density at radius 3 is 1.60 bits per heavy atom. The van der Waals surface area contributed by atoms with E-state index in [-0.39, 0.29) is 0 Å². The van der Waals surface area contributed by atoms with Crippen LogP contribution in [-0.2, 0) is 4.74 Å². The third-order valence-corrected chi connectivity index (χ3v) is 1.51. The molecule has 2 nitrogen and oxygen atoms in total. The van der Waals surface area contributed by atoms with E-state index >= 15 is 0 Å². The third kappa shape index (κ3) is 7.03. The maximum absolute atomic E-state index is 11.8. The highest BCUT2D eigenvalue weighted by molar-refractivity contribution is 5.73. The maximum atomic E-state index is 11.8. The number of rotatable bonds is 3. The van der Waals surface area contributed by atoms with Gasteiger partial charge in [-0.2, -0.15) is 26.3 Å². The second-order valence-electron chi connectivity index (χ2n) is 2.88. The number of esters is 1. The van der Waals surface area contributed by atoms with Crippen molar-refractivity contribution in [1.29, 1.82) is 0 Å². The van der Waals surface area contributed by atoms with E-state index < -0.39 is 37.1 Å². The molecule has 0 aliphatic heterocycles. The highest BCUT2D eigenvalue weighted by Gasteiger charge is 2.45. The molecule has 15 heavy (non-hydrogen) atoms. The molecule has 8 heteroatoms. The number of hydrogen-bond donors (Lipinski definition) is 0. The minimum Gasteiger partial charge on any atom is -0.339 e. The summed E-state index contributed by atoms with van der Waals surface area (Å²) in [5.41, 5.74) is 0. The Morgan fingerprint density at radius 1 is 1.07 bits per heavy atom. The number of methoxy groups -OCH3 is 1. The molecule has 0 unspecified atom stereocenters. The fourth-order valence-electron chi connectivity index (χ4n) is 0.972. The lowest BCUT2D eigenvalue weighted by molar-refractivity contribution is -0.167. The minimum atomic E-state index is -4.79. The Balaban J connectivity index is 4.53. The van der Waals surface area contributed by atoms with Crippen LogP contribution in [0.25, 0.3) is 0 Å². The van der Waals surface area contributed by atoms with Crippen LogP contribution in [-0.4, -0.2) is 30.2 Å². The molecule has 0 rings (SSSR count). The van der Waals surface area contributed by atoms with Gasteiger partial charge >= 0.3 is 18.3 Å². The van der Waals surface area contributed by atoms with E-state index in [0.29, 0.717) is 0 Å². The van der Waals surface area contributed by atoms with Crippen LogP contribution in [0.4, 0.5) is 26.3 Å². The first-order valence-electron chi connectivity index (χ1n) is 3.78. The molecular weight excluding hydrogens is 230 g/mol. The maximum Gasteiger partial charge on any atom is 0.486 e. The minimum absolute atomic E-state index is 0.801. The van der Waals surface area contributed by atoms with Crippen LogP contribution in [0.1, 0.15) is 12.8 Å². The van der Waals surface area contributed by atoms with Gasteiger partial charge in [0.2, 0.25) is 0 Å². The summed E-state index contributed by atoms with van der Waals surface area (Å²) in [7, 11) is 0.801. The average Bonchev–Trinajstić information content (AvgIpc) is 1.96. The van der Waals surface area contributed by atoms with E-state index in [4.69, 9.17) is 4.79 Å². The topological polar surface area (TPSA) is 30.6 Å². The number of alkyl halides is 6. The first kappa shape index (κ1) is 14.0. The molecule has 0 atom stereocenters. The van der Waals surface area contributed by atoms with Gasteiger partial charge in [-0.15, -0.1) is 0 Å². The fourth-order valence-corrected chi connectivity index (χ4v) is 0.972. The molecule has 0 saturated carbocycles. The van der Waals surface area contributed by atoms with E-state index in [0.717, 1.165) is 7.11 Å². The largest absolute Gasteiger partial charge is 0.486 e. The van der Waals surface area contributed by atoms with Crippen molar-refractivity contribution in [1.82, 2.24) is 0 Å². The molecule has 0 aromatic rings. The summed E-state index contributed by atoms with van der Waals surface area (Å²) in [5.74, 6) is -3.38. The van der Waals surface area contributed by atoms with Gasteiger partial charge in [-0.25, -0.2) is 0 Å². The summed E-state index contributed by atoms with van der Waals surface area (Å²) < 4.78 is 75.0. The molecule has 0 aliphatic carbocycles. The molecule has 1 N–H and O–H groups in total. The molecule has 90 valence electrons. The van der Waals surface area contributed by atoms with Crippen LogP contribution in [0.5, 0.6) is 0 Å². The molecule has 0 spiro atoms. The second kappa shape index (κ2) is 4.71. The smallest absolute Gasteiger partial charge is 0.339 e. The van der Waals surface area contributed by atoms with Crippen molar-refractivity contribution in [3.8, 4) is 0 Å². The Bertz CT molecular complexity index is 203. The lowest BCUT2D eigenvalue weighted by Gasteiger charge is -2.14. The quantitative estimate of drug-likeness (QED) is 0.423. The summed E-state index contributed by atoms with van der Waals surface area (Å²) in [6.45, 7) is 0. The number of halogens is 6. The molecule has 0 aromatic carbocycles. The molecular formula is C7H9F6O2+. The Kier molecular flexibility index (Phi) is 4.42. The van der Waals surface area contributed by atoms with Gasteiger partial charge in [0.15, 0.2) is 7.11 Å². The van der Waals surface area contributed by atoms with Crippen LogP contribution < -0.4 is 0 Å². The first-order valence-corrected chi connectivity index (χ1v) is 3.78. The normalized spacial score (nSPS) is 13.1. The van der Waals surface area contributed by atoms with E-state index in [1.807, 2.05) is 0 Å². The third-order valence-electron chi connectivity index (χ3n) is 1.51. The second-order valence-corrected chi connectivity index (χ2v) is 2.88. The van der Waals surface area contributed by atoms with Crippen molar-refractivity contribution in [3.05, 3.63) is 0 Å². The van der Waals surface area contributed by atoms with E-state index in [1.165, 1.54) is 0 Å². The van der Waals surface area contributed by atoms with Crippen molar-refractivity contribution in [2.75, 3.05) is 7.11 Å². The molecule has 0 fully saturated rings. The Morgan fingerprint density at radius 2 is 1.40 bits per heavy atom. The molecule has 0 heterocycles. The molecule has 0 radical (unpaired) electrons. The van der Waals surface area contributed by atoms with Gasteiger partial charge in [0.25, 0.3) is 0 Å². The van der Waals surface area contributed by atoms with E-state index in [9.17, 15) is 26.3 Å². The summed E-state index contributed by atoms with van der Waals surface area (Å²) >= 11 is 0. The number of ether oxygens (including phenoxy) is 1. The standard InChI is InChI=1S/C7H8F6O2/c1-15-5(14)4(2-6(8,9)10)3-7(11,12)13/h4H,2-3H2,1H3/p+1. The van der Waals surface area contributed by atoms with Crippen LogP contribution in [0.2, 0.25) is 0 Å². The monoisotopic (exact) mass is 239 g/mol. The zero-order chi connectivity index (χ0) is 12.3. The van der Waals surface area contributed by atoms with Crippen LogP contribution >= 0.6 is 0 Å². The van der Waals surface area contributed by atoms with Gasteiger partial charge in [-0.1, -0.05) is 0 Å². The zero-order valence-corrected chi connectivity index (χ0v) is 7.61. The van der Waals surface area contributed by atoms with Gasteiger partial charge in [0, 0.05) is 0 Å². The lowest BCUT2D eigenvalue weighted by atomic mass is 10.0. The van der Waals surface area contributed by atoms with Crippen molar-refractivity contribution in [2.45, 2.75) is 25.2 Å². The number of hydrogen-bond acceptors (Lipinski definition) is 1. The van der Waals surface area contributed by atoms with Crippen LogP contribution in [0.15, 0.2) is 0 Å². The Labute approximate surface area is 81.2 Å². The van der Waals surface area contributed by atoms with Crippen molar-refractivity contribution in [2.24, 2.45) is 5.92 Å². The number of carbonyl (C=O) groups excluding carboxylic acids is 1. The average molecular weight is 239 g/mol. The summed E-state index contributed by atoms with van der Waals surface area (Å²) in [5, 5.41) is 0. The van der Waals surface area contributed by atoms with Crippen LogP contribution in [0.3, 0.4) is 0 Å². The fraction of sp³-hybridized carbons (Fsp3) is 0.857. The summed E-state index contributed by atoms with van der Waals surface area (Å²) in [6.07, 6.45) is -13.1. The van der Waals surface area contributed by atoms with Crippen molar-refractivity contribution >= 4 is 5.97 Å². The van der Waals surface area contributed by atoms with Gasteiger partial charge in [-0.3, -0.25) is 0 Å². The predicted molar refractivity (Wildman–Crippen MR) is 38.8 cm³/mol. The van der Waals surface area contributed by atoms with Gasteiger partial charge < -0.3 is 9.53 Å². The van der Waals surface area contributed by atoms with Gasteiger partial charge in [-0.05, 0) is 0 Å². The highest BCUT2D eigenvalue weighted by atomic mass is 19.4. The van der Waals surface area contributed by atoms with E-state index in [1.54, 1.807) is 0 Å². The Hall–Kier alpha value is -0.950. The van der Waals surface area contributed by atoms with Crippen molar-refractivity contribution < 1.29 is 35.9 Å². The molecule has 0 aromatic heterocycles. The highest BCUT2D eigenvalue weighted by Crippen LogP contribution is 2.33. The van der Waals surface area contributed by atoms with Gasteiger partial charge in [0.1, 0.15) is 5.92 Å². The SMILES string of the molecule is COC(=[OH+])C(CC(F)(F)F)CC(F)(F)F. The van der Waals surface area contributed by atoms with E-state index in [2.05, 4.69) is 4.74 Å². The van der Waals surface area contributed by atoms with Crippen molar-refractivity contribution in [3.63, 3.8) is 0 Å². The summed E-state index contributed by atoms with van der Waals surface area (Å²) in [4.78, 5) is 8.74. The zero-order valence-electron chi connectivity index (χ0n) is 7.61. The molecule has 0 aliphatic rings. The first-order chi connectivity index (χ1) is 6.55. The molecule has 0 saturated heterocycles. The summed E-state index contributed by atoms with van der Waals surface area (Å²) in [6, 6.07) is 0.